The Bertz CT molecular complexity index is 2700. The fraction of sp³-hybridized carbons (Fsp3) is 0.224. The lowest BCUT2D eigenvalue weighted by Crippen LogP contribution is -2.39. The molecule has 61 heavy (non-hydrogen) atoms. The van der Waals surface area contributed by atoms with Crippen LogP contribution in [0.4, 0.5) is 0 Å². The van der Waals surface area contributed by atoms with Gasteiger partial charge in [0.1, 0.15) is 17.1 Å². The predicted octanol–water partition coefficient (Wildman–Crippen LogP) is 8.87. The van der Waals surface area contributed by atoms with Gasteiger partial charge in [0.15, 0.2) is 29.4 Å². The van der Waals surface area contributed by atoms with Gasteiger partial charge in [0, 0.05) is 18.5 Å². The summed E-state index contributed by atoms with van der Waals surface area (Å²) in [6.07, 6.45) is 2.32. The van der Waals surface area contributed by atoms with Crippen LogP contribution in [0.25, 0.3) is 22.5 Å². The van der Waals surface area contributed by atoms with Crippen molar-refractivity contribution < 1.29 is 23.5 Å². The van der Waals surface area contributed by atoms with Gasteiger partial charge in [-0.2, -0.15) is 0 Å². The SMILES string of the molecule is CCCCc1nc(C(C)(C)O)c(C(=O)OCc2oc(=O)oc2C)n1Cc1ccc(-c2ccccc2-c2nnn(C(c3ccccc3)(c3ccccc3)c3ccccc3)n2)cc1. The highest BCUT2D eigenvalue weighted by Gasteiger charge is 2.41. The lowest BCUT2D eigenvalue weighted by Gasteiger charge is -2.34. The molecule has 12 heteroatoms. The second kappa shape index (κ2) is 17.2. The van der Waals surface area contributed by atoms with E-state index in [0.717, 1.165) is 51.8 Å². The maximum Gasteiger partial charge on any atom is 0.519 e. The third-order valence-electron chi connectivity index (χ3n) is 10.8. The van der Waals surface area contributed by atoms with E-state index < -0.39 is 22.9 Å². The van der Waals surface area contributed by atoms with Gasteiger partial charge >= 0.3 is 11.8 Å². The van der Waals surface area contributed by atoms with Crippen molar-refractivity contribution in [2.45, 2.75) is 71.2 Å². The first-order valence-electron chi connectivity index (χ1n) is 20.3. The molecule has 3 aromatic heterocycles. The number of imidazole rings is 1. The van der Waals surface area contributed by atoms with Crippen LogP contribution >= 0.6 is 0 Å². The molecule has 0 saturated heterocycles. The first-order chi connectivity index (χ1) is 29.6. The normalized spacial score (nSPS) is 11.8. The Morgan fingerprint density at radius 3 is 1.89 bits per heavy atom. The van der Waals surface area contributed by atoms with Crippen molar-refractivity contribution in [3.63, 3.8) is 0 Å². The van der Waals surface area contributed by atoms with Crippen LogP contribution in [0.2, 0.25) is 0 Å². The van der Waals surface area contributed by atoms with Gasteiger partial charge in [-0.15, -0.1) is 15.0 Å². The smallest absolute Gasteiger partial charge is 0.453 e. The first-order valence-corrected chi connectivity index (χ1v) is 20.3. The van der Waals surface area contributed by atoms with Crippen molar-refractivity contribution >= 4 is 5.97 Å². The summed E-state index contributed by atoms with van der Waals surface area (Å²) in [6, 6.07) is 46.8. The van der Waals surface area contributed by atoms with Gasteiger partial charge in [0.25, 0.3) is 0 Å². The summed E-state index contributed by atoms with van der Waals surface area (Å²) in [7, 11) is 0. The van der Waals surface area contributed by atoms with Gasteiger partial charge < -0.3 is 23.2 Å². The minimum Gasteiger partial charge on any atom is -0.453 e. The molecule has 0 aliphatic heterocycles. The third-order valence-corrected chi connectivity index (χ3v) is 10.8. The molecule has 0 spiro atoms. The van der Waals surface area contributed by atoms with Crippen molar-refractivity contribution in [3.8, 4) is 22.5 Å². The van der Waals surface area contributed by atoms with Crippen LogP contribution in [0.15, 0.2) is 153 Å². The Labute approximate surface area is 353 Å². The molecule has 0 radical (unpaired) electrons. The molecule has 5 aromatic carbocycles. The largest absolute Gasteiger partial charge is 0.519 e. The van der Waals surface area contributed by atoms with E-state index in [-0.39, 0.29) is 36.1 Å². The van der Waals surface area contributed by atoms with Gasteiger partial charge in [-0.25, -0.2) is 14.6 Å². The number of nitrogens with zero attached hydrogens (tertiary/aromatic N) is 6. The number of carbonyl (C=O) groups is 1. The second-order valence-corrected chi connectivity index (χ2v) is 15.4. The summed E-state index contributed by atoms with van der Waals surface area (Å²) < 4.78 is 17.5. The van der Waals surface area contributed by atoms with E-state index in [2.05, 4.69) is 43.3 Å². The number of rotatable bonds is 15. The molecule has 8 rings (SSSR count). The highest BCUT2D eigenvalue weighted by atomic mass is 16.6. The number of carbonyl (C=O) groups excluding carboxylic acids is 1. The van der Waals surface area contributed by atoms with E-state index in [9.17, 15) is 14.7 Å². The molecule has 0 atom stereocenters. The van der Waals surface area contributed by atoms with Crippen LogP contribution in [-0.4, -0.2) is 40.8 Å². The number of aromatic nitrogens is 6. The zero-order chi connectivity index (χ0) is 42.6. The topological polar surface area (TPSA) is 151 Å². The second-order valence-electron chi connectivity index (χ2n) is 15.4. The molecule has 0 saturated carbocycles. The Hall–Kier alpha value is -7.18. The Morgan fingerprint density at radius 2 is 1.34 bits per heavy atom. The van der Waals surface area contributed by atoms with E-state index >= 15 is 0 Å². The van der Waals surface area contributed by atoms with Gasteiger partial charge in [-0.3, -0.25) is 0 Å². The maximum atomic E-state index is 13.9. The fourth-order valence-corrected chi connectivity index (χ4v) is 7.79. The van der Waals surface area contributed by atoms with Crippen LogP contribution in [0, 0.1) is 6.92 Å². The minimum atomic E-state index is -1.45. The molecular formula is C49H46N6O6. The standard InChI is InChI=1S/C49H46N6O6/c1-5-6-26-42-50-44(48(3,4)58)43(46(56)59-32-41-33(2)60-47(57)61-41)54(42)31-34-27-29-35(30-28-34)39-24-16-17-25-40(39)45-51-53-55(52-45)49(36-18-10-7-11-19-36,37-20-12-8-13-21-37)38-22-14-9-15-23-38/h7-25,27-30,58H,5-6,26,31-32H2,1-4H3. The summed E-state index contributed by atoms with van der Waals surface area (Å²) >= 11 is 0. The molecule has 0 aliphatic carbocycles. The molecule has 12 nitrogen and oxygen atoms in total. The van der Waals surface area contributed by atoms with Crippen LogP contribution in [0.1, 0.15) is 89.4 Å². The number of hydrogen-bond acceptors (Lipinski definition) is 10. The van der Waals surface area contributed by atoms with Crippen molar-refractivity contribution in [1.29, 1.82) is 0 Å². The van der Waals surface area contributed by atoms with E-state index in [1.165, 1.54) is 0 Å². The van der Waals surface area contributed by atoms with Crippen LogP contribution in [-0.2, 0) is 35.4 Å². The first kappa shape index (κ1) is 40.6. The number of hydrogen-bond donors (Lipinski definition) is 1. The molecule has 0 fully saturated rings. The summed E-state index contributed by atoms with van der Waals surface area (Å²) in [5.41, 5.74) is 4.48. The van der Waals surface area contributed by atoms with Gasteiger partial charge in [-0.1, -0.05) is 153 Å². The molecule has 1 N–H and O–H groups in total. The summed E-state index contributed by atoms with van der Waals surface area (Å²) in [5, 5.41) is 25.8. The number of aliphatic hydroxyl groups is 1. The Balaban J connectivity index is 1.15. The van der Waals surface area contributed by atoms with E-state index in [1.807, 2.05) is 108 Å². The van der Waals surface area contributed by atoms with Crippen LogP contribution in [0.3, 0.4) is 0 Å². The monoisotopic (exact) mass is 814 g/mol. The van der Waals surface area contributed by atoms with E-state index in [4.69, 9.17) is 34.0 Å². The summed E-state index contributed by atoms with van der Waals surface area (Å²) in [5.74, 6) is -0.137. The average molecular weight is 815 g/mol. The number of unbranched alkanes of at least 4 members (excludes halogenated alkanes) is 1. The Morgan fingerprint density at radius 1 is 0.770 bits per heavy atom. The molecule has 0 unspecified atom stereocenters. The van der Waals surface area contributed by atoms with Crippen LogP contribution < -0.4 is 5.82 Å². The number of tetrazole rings is 1. The number of aryl methyl sites for hydroxylation is 2. The number of esters is 1. The predicted molar refractivity (Wildman–Crippen MR) is 230 cm³/mol. The Kier molecular flexibility index (Phi) is 11.4. The number of ether oxygens (including phenoxy) is 1. The summed E-state index contributed by atoms with van der Waals surface area (Å²) in [4.78, 5) is 32.0. The van der Waals surface area contributed by atoms with Crippen molar-refractivity contribution in [3.05, 3.63) is 201 Å². The van der Waals surface area contributed by atoms with Gasteiger partial charge in [0.2, 0.25) is 5.82 Å². The van der Waals surface area contributed by atoms with E-state index in [0.29, 0.717) is 18.1 Å². The molecule has 0 aliphatic rings. The quantitative estimate of drug-likeness (QED) is 0.0785. The van der Waals surface area contributed by atoms with Gasteiger partial charge in [0.05, 0.1) is 0 Å². The van der Waals surface area contributed by atoms with E-state index in [1.54, 1.807) is 25.6 Å². The zero-order valence-electron chi connectivity index (χ0n) is 34.5. The highest BCUT2D eigenvalue weighted by Crippen LogP contribution is 2.40. The van der Waals surface area contributed by atoms with Crippen LogP contribution in [0.5, 0.6) is 0 Å². The average Bonchev–Trinajstić information content (AvgIpc) is 4.00. The lowest BCUT2D eigenvalue weighted by molar-refractivity contribution is 0.0395. The molecule has 8 aromatic rings. The maximum absolute atomic E-state index is 13.9. The molecule has 0 bridgehead atoms. The lowest BCUT2D eigenvalue weighted by atomic mass is 9.77. The molecular weight excluding hydrogens is 769 g/mol. The van der Waals surface area contributed by atoms with Crippen molar-refractivity contribution in [1.82, 2.24) is 29.8 Å². The molecule has 308 valence electrons. The fourth-order valence-electron chi connectivity index (χ4n) is 7.79. The minimum absolute atomic E-state index is 0.108. The van der Waals surface area contributed by atoms with Gasteiger partial charge in [-0.05, 0) is 65.8 Å². The molecule has 0 amide bonds. The highest BCUT2D eigenvalue weighted by molar-refractivity contribution is 5.89. The van der Waals surface area contributed by atoms with Crippen molar-refractivity contribution in [2.24, 2.45) is 0 Å². The van der Waals surface area contributed by atoms with Crippen molar-refractivity contribution in [2.75, 3.05) is 0 Å². The number of benzene rings is 5. The summed E-state index contributed by atoms with van der Waals surface area (Å²) in [6.45, 7) is 6.78. The zero-order valence-corrected chi connectivity index (χ0v) is 34.5. The third kappa shape index (κ3) is 8.09. The molecule has 3 heterocycles.